The Hall–Kier alpha value is -0.330. The molecule has 0 aliphatic rings. The minimum Gasteiger partial charge on any atom is -0.395 e. The van der Waals surface area contributed by atoms with Gasteiger partial charge in [-0.1, -0.05) is 6.92 Å². The number of nitrogens with one attached hydrogen (secondary N) is 1. The van der Waals surface area contributed by atoms with E-state index in [1.807, 2.05) is 6.92 Å². The van der Waals surface area contributed by atoms with Gasteiger partial charge in [0.2, 0.25) is 0 Å². The zero-order valence-corrected chi connectivity index (χ0v) is 7.40. The molecular weight excluding hydrogens is 187 g/mol. The predicted octanol–water partition coefficient (Wildman–Crippen LogP) is 0.883. The lowest BCUT2D eigenvalue weighted by atomic mass is 10.2. The fourth-order valence-electron chi connectivity index (χ4n) is 0.768. The first-order valence-electron chi connectivity index (χ1n) is 4.04. The van der Waals surface area contributed by atoms with Gasteiger partial charge in [0.25, 0.3) is 0 Å². The highest BCUT2D eigenvalue weighted by Crippen LogP contribution is 2.15. The molecule has 80 valence electrons. The molecule has 0 rings (SSSR count). The van der Waals surface area contributed by atoms with Gasteiger partial charge in [-0.25, -0.2) is 0 Å². The molecule has 13 heavy (non-hydrogen) atoms. The van der Waals surface area contributed by atoms with Crippen LogP contribution in [-0.2, 0) is 4.74 Å². The lowest BCUT2D eigenvalue weighted by Gasteiger charge is -2.14. The van der Waals surface area contributed by atoms with Crippen LogP contribution in [0, 0.1) is 0 Å². The van der Waals surface area contributed by atoms with E-state index in [4.69, 9.17) is 5.11 Å². The number of hydrogen-bond donors (Lipinski definition) is 2. The highest BCUT2D eigenvalue weighted by atomic mass is 19.4. The van der Waals surface area contributed by atoms with E-state index in [9.17, 15) is 13.2 Å². The summed E-state index contributed by atoms with van der Waals surface area (Å²) in [5.74, 6) is 0. The molecule has 0 aromatic heterocycles. The number of alkyl halides is 3. The summed E-state index contributed by atoms with van der Waals surface area (Å²) < 4.78 is 37.9. The van der Waals surface area contributed by atoms with E-state index in [0.29, 0.717) is 6.42 Å². The fraction of sp³-hybridized carbons (Fsp3) is 1.00. The summed E-state index contributed by atoms with van der Waals surface area (Å²) in [6.45, 7) is 1.40. The van der Waals surface area contributed by atoms with Crippen molar-refractivity contribution in [3.8, 4) is 0 Å². The Morgan fingerprint density at radius 2 is 2.08 bits per heavy atom. The molecule has 0 saturated heterocycles. The van der Waals surface area contributed by atoms with E-state index in [1.165, 1.54) is 0 Å². The van der Waals surface area contributed by atoms with Crippen LogP contribution in [0.25, 0.3) is 0 Å². The first-order valence-corrected chi connectivity index (χ1v) is 4.04. The van der Waals surface area contributed by atoms with Crippen molar-refractivity contribution in [1.29, 1.82) is 0 Å². The summed E-state index contributed by atoms with van der Waals surface area (Å²) >= 11 is 0. The van der Waals surface area contributed by atoms with Gasteiger partial charge in [0.15, 0.2) is 0 Å². The Bertz CT molecular complexity index is 125. The van der Waals surface area contributed by atoms with Gasteiger partial charge in [-0.05, 0) is 6.42 Å². The molecule has 0 aliphatic carbocycles. The van der Waals surface area contributed by atoms with Gasteiger partial charge < -0.3 is 10.4 Å². The smallest absolute Gasteiger partial charge is 0.395 e. The highest BCUT2D eigenvalue weighted by Gasteiger charge is 2.28. The highest BCUT2D eigenvalue weighted by molar-refractivity contribution is 4.61. The molecule has 0 amide bonds. The van der Waals surface area contributed by atoms with Crippen molar-refractivity contribution in [3.63, 3.8) is 0 Å². The fourth-order valence-corrected chi connectivity index (χ4v) is 0.768. The summed E-state index contributed by atoms with van der Waals surface area (Å²) in [7, 11) is 0. The molecule has 0 fully saturated rings. The van der Waals surface area contributed by atoms with Gasteiger partial charge in [-0.2, -0.15) is 0 Å². The Morgan fingerprint density at radius 3 is 2.46 bits per heavy atom. The van der Waals surface area contributed by atoms with Crippen LogP contribution in [0.5, 0.6) is 0 Å². The SMILES string of the molecule is CCC(CO)NCCOC(F)(F)F. The zero-order valence-electron chi connectivity index (χ0n) is 7.40. The van der Waals surface area contributed by atoms with Crippen LogP contribution in [0.4, 0.5) is 13.2 Å². The Labute approximate surface area is 74.9 Å². The van der Waals surface area contributed by atoms with E-state index >= 15 is 0 Å². The zero-order chi connectivity index (χ0) is 10.3. The lowest BCUT2D eigenvalue weighted by Crippen LogP contribution is -2.35. The van der Waals surface area contributed by atoms with Crippen molar-refractivity contribution in [2.24, 2.45) is 0 Å². The van der Waals surface area contributed by atoms with Crippen LogP contribution < -0.4 is 5.32 Å². The minimum absolute atomic E-state index is 0.0808. The molecule has 0 aliphatic heterocycles. The normalized spacial score (nSPS) is 14.5. The number of ether oxygens (including phenoxy) is 1. The van der Waals surface area contributed by atoms with Crippen LogP contribution in [0.1, 0.15) is 13.3 Å². The average molecular weight is 201 g/mol. The second kappa shape index (κ2) is 6.17. The molecule has 2 N–H and O–H groups in total. The van der Waals surface area contributed by atoms with Crippen molar-refractivity contribution in [2.75, 3.05) is 19.8 Å². The Morgan fingerprint density at radius 1 is 1.46 bits per heavy atom. The molecule has 3 nitrogen and oxygen atoms in total. The Kier molecular flexibility index (Phi) is 6.02. The first kappa shape index (κ1) is 12.7. The number of rotatable bonds is 6. The van der Waals surface area contributed by atoms with Gasteiger partial charge in [-0.3, -0.25) is 4.74 Å². The van der Waals surface area contributed by atoms with E-state index in [1.54, 1.807) is 0 Å². The third kappa shape index (κ3) is 8.01. The summed E-state index contributed by atoms with van der Waals surface area (Å²) in [6.07, 6.45) is -3.90. The van der Waals surface area contributed by atoms with Crippen LogP contribution in [-0.4, -0.2) is 37.3 Å². The van der Waals surface area contributed by atoms with Gasteiger partial charge in [0.1, 0.15) is 0 Å². The van der Waals surface area contributed by atoms with Gasteiger partial charge in [-0.15, -0.1) is 13.2 Å². The van der Waals surface area contributed by atoms with Crippen LogP contribution in [0.2, 0.25) is 0 Å². The quantitative estimate of drug-likeness (QED) is 0.627. The number of hydrogen-bond acceptors (Lipinski definition) is 3. The predicted molar refractivity (Wildman–Crippen MR) is 41.2 cm³/mol. The molecule has 0 aromatic carbocycles. The second-order valence-electron chi connectivity index (χ2n) is 2.54. The summed E-state index contributed by atoms with van der Waals surface area (Å²) in [5.41, 5.74) is 0. The maximum absolute atomic E-state index is 11.4. The molecule has 0 radical (unpaired) electrons. The topological polar surface area (TPSA) is 41.5 Å². The van der Waals surface area contributed by atoms with Gasteiger partial charge >= 0.3 is 6.36 Å². The monoisotopic (exact) mass is 201 g/mol. The average Bonchev–Trinajstić information content (AvgIpc) is 2.03. The third-order valence-corrected chi connectivity index (χ3v) is 1.51. The van der Waals surface area contributed by atoms with Gasteiger partial charge in [0.05, 0.1) is 13.2 Å². The minimum atomic E-state index is -4.57. The maximum Gasteiger partial charge on any atom is 0.522 e. The standard InChI is InChI=1S/C7H14F3NO2/c1-2-6(5-12)11-3-4-13-7(8,9)10/h6,11-12H,2-5H2,1H3. The number of halogens is 3. The van der Waals surface area contributed by atoms with Crippen LogP contribution in [0.3, 0.4) is 0 Å². The summed E-state index contributed by atoms with van der Waals surface area (Å²) in [6, 6.07) is -0.156. The summed E-state index contributed by atoms with van der Waals surface area (Å²) in [4.78, 5) is 0. The molecule has 0 bridgehead atoms. The maximum atomic E-state index is 11.4. The van der Waals surface area contributed by atoms with E-state index in [2.05, 4.69) is 10.1 Å². The van der Waals surface area contributed by atoms with Crippen molar-refractivity contribution >= 4 is 0 Å². The largest absolute Gasteiger partial charge is 0.522 e. The molecule has 0 saturated carbocycles. The van der Waals surface area contributed by atoms with E-state index < -0.39 is 13.0 Å². The van der Waals surface area contributed by atoms with Crippen LogP contribution >= 0.6 is 0 Å². The molecule has 0 aromatic rings. The number of aliphatic hydroxyl groups is 1. The van der Waals surface area contributed by atoms with E-state index in [0.717, 1.165) is 0 Å². The first-order chi connectivity index (χ1) is 5.99. The third-order valence-electron chi connectivity index (χ3n) is 1.51. The molecule has 0 heterocycles. The van der Waals surface area contributed by atoms with E-state index in [-0.39, 0.29) is 19.2 Å². The van der Waals surface area contributed by atoms with Gasteiger partial charge in [0, 0.05) is 12.6 Å². The molecule has 1 unspecified atom stereocenters. The van der Waals surface area contributed by atoms with Crippen molar-refractivity contribution in [1.82, 2.24) is 5.32 Å². The van der Waals surface area contributed by atoms with Crippen molar-refractivity contribution in [2.45, 2.75) is 25.7 Å². The molecular formula is C7H14F3NO2. The molecule has 0 spiro atoms. The number of aliphatic hydroxyl groups excluding tert-OH is 1. The van der Waals surface area contributed by atoms with Crippen molar-refractivity contribution in [3.05, 3.63) is 0 Å². The van der Waals surface area contributed by atoms with Crippen molar-refractivity contribution < 1.29 is 23.0 Å². The van der Waals surface area contributed by atoms with Crippen LogP contribution in [0.15, 0.2) is 0 Å². The Balaban J connectivity index is 3.34. The second-order valence-corrected chi connectivity index (χ2v) is 2.54. The molecule has 6 heteroatoms. The molecule has 1 atom stereocenters. The summed E-state index contributed by atoms with van der Waals surface area (Å²) in [5, 5.41) is 11.4. The lowest BCUT2D eigenvalue weighted by molar-refractivity contribution is -0.323.